The zero-order valence-corrected chi connectivity index (χ0v) is 23.0. The van der Waals surface area contributed by atoms with Gasteiger partial charge in [0.05, 0.1) is 0 Å². The second kappa shape index (κ2) is 9.85. The molecule has 4 aliphatic carbocycles. The van der Waals surface area contributed by atoms with Crippen molar-refractivity contribution in [2.24, 2.45) is 58.2 Å². The Morgan fingerprint density at radius 3 is 2.27 bits per heavy atom. The van der Waals surface area contributed by atoms with Crippen LogP contribution in [0.2, 0.25) is 0 Å². The molecule has 2 nitrogen and oxygen atoms in total. The van der Waals surface area contributed by atoms with Gasteiger partial charge in [-0.25, -0.2) is 0 Å². The summed E-state index contributed by atoms with van der Waals surface area (Å²) in [6.45, 7) is 16.8. The van der Waals surface area contributed by atoms with Gasteiger partial charge < -0.3 is 4.74 Å². The van der Waals surface area contributed by atoms with E-state index < -0.39 is 0 Å². The zero-order valence-electron chi connectivity index (χ0n) is 23.0. The van der Waals surface area contributed by atoms with Gasteiger partial charge in [0, 0.05) is 6.92 Å². The van der Waals surface area contributed by atoms with Crippen LogP contribution in [0.15, 0.2) is 0 Å². The first-order valence-electron chi connectivity index (χ1n) is 14.8. The van der Waals surface area contributed by atoms with Crippen LogP contribution in [0.5, 0.6) is 0 Å². The molecule has 0 aromatic carbocycles. The third kappa shape index (κ3) is 4.67. The number of carbonyl (C=O) groups is 1. The highest BCUT2D eigenvalue weighted by Crippen LogP contribution is 2.68. The van der Waals surface area contributed by atoms with Gasteiger partial charge in [0.15, 0.2) is 0 Å². The van der Waals surface area contributed by atoms with Crippen LogP contribution in [0.25, 0.3) is 0 Å². The van der Waals surface area contributed by atoms with Gasteiger partial charge in [0.25, 0.3) is 0 Å². The van der Waals surface area contributed by atoms with E-state index in [0.717, 1.165) is 60.2 Å². The Morgan fingerprint density at radius 1 is 0.909 bits per heavy atom. The number of hydrogen-bond donors (Lipinski definition) is 0. The summed E-state index contributed by atoms with van der Waals surface area (Å²) in [5.41, 5.74) is 1.06. The van der Waals surface area contributed by atoms with E-state index in [2.05, 4.69) is 41.5 Å². The first-order chi connectivity index (χ1) is 15.6. The summed E-state index contributed by atoms with van der Waals surface area (Å²) in [5.74, 6) is 7.06. The first kappa shape index (κ1) is 25.6. The molecule has 4 fully saturated rings. The molecule has 0 heterocycles. The summed E-state index contributed by atoms with van der Waals surface area (Å²) in [6.07, 6.45) is 16.6. The maximum atomic E-state index is 11.5. The minimum atomic E-state index is -0.0875. The first-order valence-corrected chi connectivity index (χ1v) is 14.8. The molecule has 0 amide bonds. The predicted octanol–water partition coefficient (Wildman–Crippen LogP) is 8.68. The minimum Gasteiger partial charge on any atom is -0.463 e. The van der Waals surface area contributed by atoms with Crippen molar-refractivity contribution in [3.05, 3.63) is 0 Å². The largest absolute Gasteiger partial charge is 0.463 e. The quantitative estimate of drug-likeness (QED) is 0.357. The molecule has 4 aliphatic rings. The number of carbonyl (C=O) groups excluding carboxylic acids is 1. The highest BCUT2D eigenvalue weighted by Gasteiger charge is 2.60. The van der Waals surface area contributed by atoms with Crippen molar-refractivity contribution in [3.63, 3.8) is 0 Å². The standard InChI is InChI=1S/C31H54O2/c1-8-23(20(2)3)10-9-21(4)27-13-14-28-26-12-11-24-19-25(33-22(5)32)15-17-30(24,6)29(26)16-18-31(27,28)7/h20-21,23-29H,8-19H2,1-7H3/t21-,23+,24+,25-,26+,27+,28-,29-,30+,31+/m1/s1. The Morgan fingerprint density at radius 2 is 1.61 bits per heavy atom. The van der Waals surface area contributed by atoms with Crippen LogP contribution in [-0.4, -0.2) is 12.1 Å². The molecule has 0 spiro atoms. The molecule has 4 saturated carbocycles. The van der Waals surface area contributed by atoms with Crippen LogP contribution < -0.4 is 0 Å². The lowest BCUT2D eigenvalue weighted by Gasteiger charge is -2.61. The molecular weight excluding hydrogens is 404 g/mol. The monoisotopic (exact) mass is 458 g/mol. The average molecular weight is 459 g/mol. The van der Waals surface area contributed by atoms with Gasteiger partial charge in [-0.15, -0.1) is 0 Å². The molecule has 0 aromatic rings. The predicted molar refractivity (Wildman–Crippen MR) is 138 cm³/mol. The van der Waals surface area contributed by atoms with E-state index in [1.807, 2.05) is 0 Å². The van der Waals surface area contributed by atoms with Crippen molar-refractivity contribution in [2.45, 2.75) is 132 Å². The van der Waals surface area contributed by atoms with Crippen molar-refractivity contribution in [1.29, 1.82) is 0 Å². The van der Waals surface area contributed by atoms with Crippen LogP contribution in [0.4, 0.5) is 0 Å². The second-order valence-electron chi connectivity index (χ2n) is 13.9. The molecule has 0 aliphatic heterocycles. The Hall–Kier alpha value is -0.530. The minimum absolute atomic E-state index is 0.0875. The Labute approximate surface area is 205 Å². The molecule has 2 heteroatoms. The smallest absolute Gasteiger partial charge is 0.302 e. The van der Waals surface area contributed by atoms with E-state index in [-0.39, 0.29) is 12.1 Å². The van der Waals surface area contributed by atoms with Gasteiger partial charge in [0.1, 0.15) is 6.10 Å². The van der Waals surface area contributed by atoms with Crippen molar-refractivity contribution < 1.29 is 9.53 Å². The fourth-order valence-corrected chi connectivity index (χ4v) is 10.2. The Kier molecular flexibility index (Phi) is 7.63. The van der Waals surface area contributed by atoms with Gasteiger partial charge in [-0.3, -0.25) is 4.79 Å². The molecule has 190 valence electrons. The van der Waals surface area contributed by atoms with E-state index in [1.54, 1.807) is 6.92 Å². The van der Waals surface area contributed by atoms with E-state index in [4.69, 9.17) is 4.74 Å². The Bertz CT molecular complexity index is 684. The summed E-state index contributed by atoms with van der Waals surface area (Å²) >= 11 is 0. The van der Waals surface area contributed by atoms with Crippen molar-refractivity contribution >= 4 is 5.97 Å². The Balaban J connectivity index is 1.42. The zero-order chi connectivity index (χ0) is 24.0. The van der Waals surface area contributed by atoms with Crippen molar-refractivity contribution in [1.82, 2.24) is 0 Å². The SMILES string of the molecule is CC[C@@H](CC[C@@H](C)[C@@H]1CC[C@@H]2[C@@H]3CC[C@H]4C[C@H](OC(C)=O)CC[C@]4(C)[C@@H]3CC[C@]21C)C(C)C. The summed E-state index contributed by atoms with van der Waals surface area (Å²) in [7, 11) is 0. The highest BCUT2D eigenvalue weighted by atomic mass is 16.5. The number of fused-ring (bicyclic) bond motifs is 5. The van der Waals surface area contributed by atoms with Crippen LogP contribution in [-0.2, 0) is 9.53 Å². The van der Waals surface area contributed by atoms with Crippen molar-refractivity contribution in [2.75, 3.05) is 0 Å². The molecule has 0 radical (unpaired) electrons. The molecule has 0 aromatic heterocycles. The van der Waals surface area contributed by atoms with Crippen LogP contribution in [0, 0.1) is 58.2 Å². The fraction of sp³-hybridized carbons (Fsp3) is 0.968. The summed E-state index contributed by atoms with van der Waals surface area (Å²) in [6, 6.07) is 0. The van der Waals surface area contributed by atoms with Crippen LogP contribution in [0.3, 0.4) is 0 Å². The molecule has 33 heavy (non-hydrogen) atoms. The van der Waals surface area contributed by atoms with Gasteiger partial charge >= 0.3 is 5.97 Å². The molecule has 0 unspecified atom stereocenters. The maximum Gasteiger partial charge on any atom is 0.302 e. The number of ether oxygens (including phenoxy) is 1. The normalized spacial score (nSPS) is 44.5. The van der Waals surface area contributed by atoms with E-state index in [0.29, 0.717) is 10.8 Å². The summed E-state index contributed by atoms with van der Waals surface area (Å²) in [4.78, 5) is 11.5. The molecule has 0 saturated heterocycles. The molecule has 10 atom stereocenters. The van der Waals surface area contributed by atoms with Crippen LogP contribution in [0.1, 0.15) is 126 Å². The molecule has 4 rings (SSSR count). The lowest BCUT2D eigenvalue weighted by atomic mass is 9.44. The lowest BCUT2D eigenvalue weighted by Crippen LogP contribution is -2.54. The third-order valence-corrected chi connectivity index (χ3v) is 12.2. The van der Waals surface area contributed by atoms with E-state index >= 15 is 0 Å². The summed E-state index contributed by atoms with van der Waals surface area (Å²) < 4.78 is 5.67. The topological polar surface area (TPSA) is 26.3 Å². The fourth-order valence-electron chi connectivity index (χ4n) is 10.2. The number of hydrogen-bond acceptors (Lipinski definition) is 2. The van der Waals surface area contributed by atoms with E-state index in [9.17, 15) is 4.79 Å². The van der Waals surface area contributed by atoms with Gasteiger partial charge in [-0.1, -0.05) is 54.4 Å². The molecule has 0 bridgehead atoms. The third-order valence-electron chi connectivity index (χ3n) is 12.2. The molecule has 0 N–H and O–H groups in total. The van der Waals surface area contributed by atoms with Gasteiger partial charge in [-0.2, -0.15) is 0 Å². The second-order valence-corrected chi connectivity index (χ2v) is 13.9. The molecular formula is C31H54O2. The maximum absolute atomic E-state index is 11.5. The number of esters is 1. The van der Waals surface area contributed by atoms with Crippen molar-refractivity contribution in [3.8, 4) is 0 Å². The van der Waals surface area contributed by atoms with Gasteiger partial charge in [-0.05, 0) is 122 Å². The van der Waals surface area contributed by atoms with E-state index in [1.165, 1.54) is 64.2 Å². The average Bonchev–Trinajstić information content (AvgIpc) is 3.11. The number of rotatable bonds is 7. The lowest BCUT2D eigenvalue weighted by molar-refractivity contribution is -0.160. The van der Waals surface area contributed by atoms with Gasteiger partial charge in [0.2, 0.25) is 0 Å². The van der Waals surface area contributed by atoms with Crippen LogP contribution >= 0.6 is 0 Å². The summed E-state index contributed by atoms with van der Waals surface area (Å²) in [5, 5.41) is 0. The highest BCUT2D eigenvalue weighted by molar-refractivity contribution is 5.66.